The smallest absolute Gasteiger partial charge is 0.508 e. The number of halogens is 1. The third-order valence-electron chi connectivity index (χ3n) is 6.11. The van der Waals surface area contributed by atoms with Crippen LogP contribution < -0.4 is 4.18 Å². The van der Waals surface area contributed by atoms with Crippen molar-refractivity contribution in [1.29, 1.82) is 0 Å². The maximum atomic E-state index is 13.1. The van der Waals surface area contributed by atoms with E-state index < -0.39 is 21.5 Å². The van der Waals surface area contributed by atoms with Gasteiger partial charge in [-0.1, -0.05) is 35.9 Å². The Hall–Kier alpha value is -1.50. The summed E-state index contributed by atoms with van der Waals surface area (Å²) in [6.45, 7) is 0. The number of phenolic OH excluding ortho intramolecular Hbond substituents is 1. The molecule has 5 nitrogen and oxygen atoms in total. The normalized spacial score (nSPS) is 25.4. The van der Waals surface area contributed by atoms with E-state index >= 15 is 0 Å². The van der Waals surface area contributed by atoms with Gasteiger partial charge >= 0.3 is 27.2 Å². The van der Waals surface area contributed by atoms with Gasteiger partial charge in [-0.25, -0.2) is 0 Å². The zero-order valence-electron chi connectivity index (χ0n) is 19.0. The monoisotopic (exact) mass is 562 g/mol. The Bertz CT molecular complexity index is 1160. The molecule has 1 N–H and O–H groups in total. The molecular formula is C28H23ClFeO5S+2. The fraction of sp³-hybridized carbons (Fsp3) is 0.143. The Labute approximate surface area is 229 Å². The maximum absolute atomic E-state index is 13.1. The molecule has 1 saturated heterocycles. The minimum atomic E-state index is -4.00. The third-order valence-corrected chi connectivity index (χ3v) is 8.02. The predicted octanol–water partition coefficient (Wildman–Crippen LogP) is 5.17. The molecule has 2 aromatic rings. The van der Waals surface area contributed by atoms with Gasteiger partial charge in [-0.15, -0.1) is 0 Å². The summed E-state index contributed by atoms with van der Waals surface area (Å²) in [5.41, 5.74) is 2.61. The van der Waals surface area contributed by atoms with Crippen LogP contribution >= 0.6 is 11.6 Å². The molecule has 3 fully saturated rings. The van der Waals surface area contributed by atoms with Crippen molar-refractivity contribution < 1.29 is 39.5 Å². The van der Waals surface area contributed by atoms with Gasteiger partial charge in [-0.05, 0) is 98.8 Å². The van der Waals surface area contributed by atoms with Crippen molar-refractivity contribution >= 4 is 27.3 Å². The molecule has 184 valence electrons. The SMILES string of the molecule is O=S(=O)(Oc1ccccc1Cl)C1C[C@@H]2O[C@H]1C(c1ccc(O)cc1)=C2[C]1[CH][CH][CH][CH]1.[CH]1[CH][CH][CH][CH]1.[Fe+2]. The first-order valence-electron chi connectivity index (χ1n) is 11.2. The summed E-state index contributed by atoms with van der Waals surface area (Å²) in [7, 11) is -4.00. The summed E-state index contributed by atoms with van der Waals surface area (Å²) in [5.74, 6) is 1.26. The van der Waals surface area contributed by atoms with Crippen LogP contribution in [0.5, 0.6) is 11.5 Å². The topological polar surface area (TPSA) is 72.8 Å². The number of hydrogen-bond donors (Lipinski definition) is 1. The van der Waals surface area contributed by atoms with Gasteiger partial charge in [0.05, 0.1) is 11.1 Å². The number of benzene rings is 2. The van der Waals surface area contributed by atoms with Crippen LogP contribution in [0.1, 0.15) is 12.0 Å². The van der Waals surface area contributed by atoms with Crippen molar-refractivity contribution in [3.8, 4) is 11.5 Å². The molecule has 2 aliphatic carbocycles. The molecule has 1 unspecified atom stereocenters. The molecule has 4 aliphatic rings. The summed E-state index contributed by atoms with van der Waals surface area (Å²) in [6.07, 6.45) is 17.1. The molecule has 0 aromatic heterocycles. The van der Waals surface area contributed by atoms with E-state index in [-0.39, 0.29) is 39.7 Å². The zero-order chi connectivity index (χ0) is 24.4. The summed E-state index contributed by atoms with van der Waals surface area (Å²) in [5, 5.41) is 9.05. The third kappa shape index (κ3) is 5.81. The molecular weight excluding hydrogens is 540 g/mol. The van der Waals surface area contributed by atoms with E-state index in [0.717, 1.165) is 22.6 Å². The van der Waals surface area contributed by atoms with Crippen molar-refractivity contribution in [2.24, 2.45) is 0 Å². The predicted molar refractivity (Wildman–Crippen MR) is 135 cm³/mol. The average molecular weight is 563 g/mol. The first-order chi connectivity index (χ1) is 16.9. The largest absolute Gasteiger partial charge is 2.00 e. The number of para-hydroxylation sites is 1. The van der Waals surface area contributed by atoms with Crippen LogP contribution in [-0.4, -0.2) is 31.0 Å². The van der Waals surface area contributed by atoms with E-state index in [1.165, 1.54) is 6.07 Å². The second kappa shape index (κ2) is 11.9. The molecule has 0 spiro atoms. The second-order valence-corrected chi connectivity index (χ2v) is 10.5. The molecule has 0 amide bonds. The van der Waals surface area contributed by atoms with Gasteiger partial charge < -0.3 is 14.0 Å². The van der Waals surface area contributed by atoms with Crippen molar-refractivity contribution in [2.75, 3.05) is 0 Å². The second-order valence-electron chi connectivity index (χ2n) is 8.34. The van der Waals surface area contributed by atoms with Gasteiger partial charge in [0, 0.05) is 12.3 Å². The number of fused-ring (bicyclic) bond motifs is 2. The summed E-state index contributed by atoms with van der Waals surface area (Å²) >= 11 is 6.09. The minimum absolute atomic E-state index is 0. The zero-order valence-corrected chi connectivity index (χ0v) is 21.7. The van der Waals surface area contributed by atoms with Crippen molar-refractivity contribution in [2.45, 2.75) is 23.9 Å². The minimum Gasteiger partial charge on any atom is -0.508 e. The Balaban J connectivity index is 0.000000455. The fourth-order valence-corrected chi connectivity index (χ4v) is 6.22. The van der Waals surface area contributed by atoms with Gasteiger partial charge in [0.2, 0.25) is 0 Å². The van der Waals surface area contributed by atoms with Crippen LogP contribution in [0.25, 0.3) is 5.57 Å². The van der Waals surface area contributed by atoms with E-state index in [1.54, 1.807) is 42.5 Å². The summed E-state index contributed by atoms with van der Waals surface area (Å²) in [4.78, 5) is 0. The van der Waals surface area contributed by atoms with Gasteiger partial charge in [-0.3, -0.25) is 0 Å². The molecule has 2 aliphatic heterocycles. The van der Waals surface area contributed by atoms with Crippen LogP contribution in [0.15, 0.2) is 54.1 Å². The molecule has 36 heavy (non-hydrogen) atoms. The number of rotatable bonds is 5. The number of ether oxygens (including phenoxy) is 1. The Kier molecular flexibility index (Phi) is 9.11. The quantitative estimate of drug-likeness (QED) is 0.402. The van der Waals surface area contributed by atoms with E-state index in [0.29, 0.717) is 6.42 Å². The fourth-order valence-electron chi connectivity index (χ4n) is 4.57. The number of hydrogen-bond acceptors (Lipinski definition) is 5. The van der Waals surface area contributed by atoms with Crippen molar-refractivity contribution in [3.63, 3.8) is 0 Å². The molecule has 2 aromatic carbocycles. The van der Waals surface area contributed by atoms with E-state index in [2.05, 4.69) is 0 Å². The first-order valence-corrected chi connectivity index (χ1v) is 13.0. The first kappa shape index (κ1) is 27.5. The summed E-state index contributed by atoms with van der Waals surface area (Å²) in [6, 6.07) is 13.2. The van der Waals surface area contributed by atoms with Crippen LogP contribution in [0.2, 0.25) is 5.02 Å². The molecule has 6 rings (SSSR count). The van der Waals surface area contributed by atoms with E-state index in [4.69, 9.17) is 20.5 Å². The summed E-state index contributed by atoms with van der Waals surface area (Å²) < 4.78 is 37.8. The van der Waals surface area contributed by atoms with E-state index in [1.807, 2.05) is 57.8 Å². The van der Waals surface area contributed by atoms with Gasteiger partial charge in [0.15, 0.2) is 5.75 Å². The van der Waals surface area contributed by atoms with Crippen molar-refractivity contribution in [3.05, 3.63) is 128 Å². The van der Waals surface area contributed by atoms with Crippen LogP contribution in [0, 0.1) is 63.7 Å². The average Bonchev–Trinajstić information content (AvgIpc) is 3.66. The van der Waals surface area contributed by atoms with Gasteiger partial charge in [0.1, 0.15) is 17.1 Å². The van der Waals surface area contributed by atoms with Gasteiger partial charge in [0.25, 0.3) is 0 Å². The molecule has 8 heteroatoms. The number of aromatic hydroxyl groups is 1. The molecule has 3 atom stereocenters. The standard InChI is InChI=1S/C23H18ClO5S.C5H5.Fe/c24-17-7-3-4-8-18(17)29-30(26,27)20-13-19-21(14-5-1-2-6-14)22(23(20)28-19)15-9-11-16(25)12-10-15;1-2-4-5-3-1;/h1-12,19-20,23,25H,13H2;1-5H;/q;;+2/t19-,20?,23+;;/m0../s1. The van der Waals surface area contributed by atoms with Crippen LogP contribution in [-0.2, 0) is 31.9 Å². The molecule has 2 bridgehead atoms. The molecule has 2 saturated carbocycles. The van der Waals surface area contributed by atoms with Crippen LogP contribution in [0.3, 0.4) is 0 Å². The maximum Gasteiger partial charge on any atom is 2.00 e. The Morgan fingerprint density at radius 3 is 2.08 bits per heavy atom. The number of phenols is 1. The van der Waals surface area contributed by atoms with Gasteiger partial charge in [-0.2, -0.15) is 8.42 Å². The van der Waals surface area contributed by atoms with Crippen LogP contribution in [0.4, 0.5) is 0 Å². The Morgan fingerprint density at radius 2 is 1.47 bits per heavy atom. The molecule has 2 heterocycles. The van der Waals surface area contributed by atoms with Crippen molar-refractivity contribution in [1.82, 2.24) is 0 Å². The van der Waals surface area contributed by atoms with E-state index in [9.17, 15) is 13.5 Å². The molecule has 10 radical (unpaired) electrons. The Morgan fingerprint density at radius 1 is 0.861 bits per heavy atom.